The Kier molecular flexibility index (Phi) is 5.77. The number of esters is 1. The summed E-state index contributed by atoms with van der Waals surface area (Å²) in [5.41, 5.74) is 1.28. The molecule has 0 aliphatic carbocycles. The normalized spacial score (nSPS) is 16.9. The summed E-state index contributed by atoms with van der Waals surface area (Å²) in [7, 11) is 1.31. The summed E-state index contributed by atoms with van der Waals surface area (Å²) in [6.45, 7) is 5.49. The van der Waals surface area contributed by atoms with Gasteiger partial charge in [0, 0.05) is 32.7 Å². The molecule has 1 fully saturated rings. The molecular formula is C16H23N3O3. The molecule has 0 radical (unpaired) electrons. The van der Waals surface area contributed by atoms with Crippen LogP contribution in [0.3, 0.4) is 0 Å². The molecule has 1 aliphatic heterocycles. The van der Waals surface area contributed by atoms with Crippen LogP contribution >= 0.6 is 0 Å². The molecule has 1 atom stereocenters. The van der Waals surface area contributed by atoms with Gasteiger partial charge < -0.3 is 15.0 Å². The maximum Gasteiger partial charge on any atom is 0.328 e. The highest BCUT2D eigenvalue weighted by atomic mass is 16.5. The predicted molar refractivity (Wildman–Crippen MR) is 83.3 cm³/mol. The molecule has 0 spiro atoms. The number of hydrogen-bond acceptors (Lipinski definition) is 4. The van der Waals surface area contributed by atoms with Crippen molar-refractivity contribution >= 4 is 12.0 Å². The number of nitrogens with zero attached hydrogens (tertiary/aromatic N) is 2. The van der Waals surface area contributed by atoms with Crippen LogP contribution in [0.15, 0.2) is 30.3 Å². The molecule has 22 heavy (non-hydrogen) atoms. The Hall–Kier alpha value is -2.08. The quantitative estimate of drug-likeness (QED) is 0.846. The Labute approximate surface area is 131 Å². The molecule has 1 saturated heterocycles. The van der Waals surface area contributed by atoms with E-state index in [1.54, 1.807) is 11.8 Å². The van der Waals surface area contributed by atoms with Crippen LogP contribution < -0.4 is 5.32 Å². The van der Waals surface area contributed by atoms with E-state index >= 15 is 0 Å². The highest BCUT2D eigenvalue weighted by molar-refractivity contribution is 5.83. The van der Waals surface area contributed by atoms with Gasteiger partial charge >= 0.3 is 12.0 Å². The molecule has 1 aromatic carbocycles. The summed E-state index contributed by atoms with van der Waals surface area (Å²) in [5, 5.41) is 2.66. The first-order chi connectivity index (χ1) is 10.6. The van der Waals surface area contributed by atoms with E-state index in [1.807, 2.05) is 18.2 Å². The van der Waals surface area contributed by atoms with Crippen LogP contribution in [0.5, 0.6) is 0 Å². The van der Waals surface area contributed by atoms with E-state index in [-0.39, 0.29) is 6.03 Å². The first kappa shape index (κ1) is 16.3. The van der Waals surface area contributed by atoms with Crippen LogP contribution in [0.4, 0.5) is 4.79 Å². The van der Waals surface area contributed by atoms with Crippen LogP contribution in [0.1, 0.15) is 12.5 Å². The maximum atomic E-state index is 12.1. The van der Waals surface area contributed by atoms with E-state index in [9.17, 15) is 9.59 Å². The van der Waals surface area contributed by atoms with Crippen molar-refractivity contribution in [3.05, 3.63) is 35.9 Å². The van der Waals surface area contributed by atoms with Crippen LogP contribution in [0, 0.1) is 0 Å². The molecule has 6 nitrogen and oxygen atoms in total. The molecule has 0 bridgehead atoms. The number of ether oxygens (including phenoxy) is 1. The van der Waals surface area contributed by atoms with Gasteiger partial charge in [-0.15, -0.1) is 0 Å². The van der Waals surface area contributed by atoms with Gasteiger partial charge in [0.05, 0.1) is 7.11 Å². The summed E-state index contributed by atoms with van der Waals surface area (Å²) in [5.74, 6) is -0.434. The topological polar surface area (TPSA) is 61.9 Å². The van der Waals surface area contributed by atoms with E-state index in [0.717, 1.165) is 19.6 Å². The van der Waals surface area contributed by atoms with Crippen molar-refractivity contribution < 1.29 is 14.3 Å². The van der Waals surface area contributed by atoms with E-state index < -0.39 is 12.0 Å². The molecule has 120 valence electrons. The van der Waals surface area contributed by atoms with Crippen molar-refractivity contribution in [1.82, 2.24) is 15.1 Å². The standard InChI is InChI=1S/C16H23N3O3/c1-13(15(20)22-2)17-16(21)19-10-8-18(9-11-19)12-14-6-4-3-5-7-14/h3-7,13H,8-12H2,1-2H3,(H,17,21)/t13-/m0/s1. The molecule has 1 aromatic rings. The summed E-state index contributed by atoms with van der Waals surface area (Å²) < 4.78 is 4.60. The molecular weight excluding hydrogens is 282 g/mol. The highest BCUT2D eigenvalue weighted by Crippen LogP contribution is 2.08. The van der Waals surface area contributed by atoms with Gasteiger partial charge in [0.2, 0.25) is 0 Å². The minimum absolute atomic E-state index is 0.211. The van der Waals surface area contributed by atoms with Crippen molar-refractivity contribution in [3.63, 3.8) is 0 Å². The molecule has 6 heteroatoms. The van der Waals surface area contributed by atoms with E-state index in [1.165, 1.54) is 12.7 Å². The molecule has 1 aliphatic rings. The average Bonchev–Trinajstić information content (AvgIpc) is 2.55. The number of urea groups is 1. The number of benzene rings is 1. The fraction of sp³-hybridized carbons (Fsp3) is 0.500. The number of rotatable bonds is 4. The summed E-state index contributed by atoms with van der Waals surface area (Å²) in [6, 6.07) is 9.46. The van der Waals surface area contributed by atoms with Crippen LogP contribution in [0.2, 0.25) is 0 Å². The maximum absolute atomic E-state index is 12.1. The summed E-state index contributed by atoms with van der Waals surface area (Å²) in [4.78, 5) is 27.5. The van der Waals surface area contributed by atoms with Crippen molar-refractivity contribution in [1.29, 1.82) is 0 Å². The summed E-state index contributed by atoms with van der Waals surface area (Å²) >= 11 is 0. The van der Waals surface area contributed by atoms with Gasteiger partial charge in [-0.2, -0.15) is 0 Å². The number of amides is 2. The average molecular weight is 305 g/mol. The molecule has 2 rings (SSSR count). The first-order valence-electron chi connectivity index (χ1n) is 7.49. The zero-order chi connectivity index (χ0) is 15.9. The van der Waals surface area contributed by atoms with Gasteiger partial charge in [0.25, 0.3) is 0 Å². The van der Waals surface area contributed by atoms with Crippen molar-refractivity contribution in [2.24, 2.45) is 0 Å². The van der Waals surface area contributed by atoms with Crippen LogP contribution in [0.25, 0.3) is 0 Å². The third kappa shape index (κ3) is 4.46. The van der Waals surface area contributed by atoms with Gasteiger partial charge in [-0.25, -0.2) is 9.59 Å². The second-order valence-corrected chi connectivity index (χ2v) is 5.44. The molecule has 0 aromatic heterocycles. The Bertz CT molecular complexity index is 499. The fourth-order valence-corrected chi connectivity index (χ4v) is 2.46. The molecule has 2 amide bonds. The Morgan fingerprint density at radius 3 is 2.41 bits per heavy atom. The molecule has 0 saturated carbocycles. The van der Waals surface area contributed by atoms with Crippen LogP contribution in [-0.2, 0) is 16.1 Å². The van der Waals surface area contributed by atoms with Gasteiger partial charge in [0.1, 0.15) is 6.04 Å². The minimum atomic E-state index is -0.625. The SMILES string of the molecule is COC(=O)[C@H](C)NC(=O)N1CCN(Cc2ccccc2)CC1. The zero-order valence-electron chi connectivity index (χ0n) is 13.1. The Balaban J connectivity index is 1.77. The lowest BCUT2D eigenvalue weighted by atomic mass is 10.2. The van der Waals surface area contributed by atoms with E-state index in [0.29, 0.717) is 13.1 Å². The number of carbonyl (C=O) groups is 2. The van der Waals surface area contributed by atoms with Gasteiger partial charge in [-0.1, -0.05) is 30.3 Å². The number of hydrogen-bond donors (Lipinski definition) is 1. The lowest BCUT2D eigenvalue weighted by molar-refractivity contribution is -0.142. The zero-order valence-corrected chi connectivity index (χ0v) is 13.1. The second-order valence-electron chi connectivity index (χ2n) is 5.44. The van der Waals surface area contributed by atoms with Gasteiger partial charge in [-0.05, 0) is 12.5 Å². The Morgan fingerprint density at radius 1 is 1.18 bits per heavy atom. The lowest BCUT2D eigenvalue weighted by Gasteiger charge is -2.35. The number of carbonyl (C=O) groups excluding carboxylic acids is 2. The molecule has 0 unspecified atom stereocenters. The number of nitrogens with one attached hydrogen (secondary N) is 1. The smallest absolute Gasteiger partial charge is 0.328 e. The van der Waals surface area contributed by atoms with Crippen molar-refractivity contribution in [2.75, 3.05) is 33.3 Å². The number of piperazine rings is 1. The summed E-state index contributed by atoms with van der Waals surface area (Å²) in [6.07, 6.45) is 0. The Morgan fingerprint density at radius 2 is 1.82 bits per heavy atom. The number of methoxy groups -OCH3 is 1. The fourth-order valence-electron chi connectivity index (χ4n) is 2.46. The first-order valence-corrected chi connectivity index (χ1v) is 7.49. The molecule has 1 N–H and O–H groups in total. The van der Waals surface area contributed by atoms with Gasteiger partial charge in [0.15, 0.2) is 0 Å². The largest absolute Gasteiger partial charge is 0.467 e. The third-order valence-corrected chi connectivity index (χ3v) is 3.80. The lowest BCUT2D eigenvalue weighted by Crippen LogP contribution is -2.54. The van der Waals surface area contributed by atoms with Crippen LogP contribution in [-0.4, -0.2) is 61.1 Å². The van der Waals surface area contributed by atoms with Gasteiger partial charge in [-0.3, -0.25) is 4.90 Å². The second kappa shape index (κ2) is 7.79. The van der Waals surface area contributed by atoms with E-state index in [2.05, 4.69) is 27.1 Å². The highest BCUT2D eigenvalue weighted by Gasteiger charge is 2.24. The molecule has 1 heterocycles. The van der Waals surface area contributed by atoms with E-state index in [4.69, 9.17) is 0 Å². The minimum Gasteiger partial charge on any atom is -0.467 e. The predicted octanol–water partition coefficient (Wildman–Crippen LogP) is 1.08. The van der Waals surface area contributed by atoms with Crippen molar-refractivity contribution in [2.45, 2.75) is 19.5 Å². The monoisotopic (exact) mass is 305 g/mol. The third-order valence-electron chi connectivity index (χ3n) is 3.80. The van der Waals surface area contributed by atoms with Crippen molar-refractivity contribution in [3.8, 4) is 0 Å².